The molecule has 2 aliphatic rings. The molecule has 0 spiro atoms. The standard InChI is InChI=1S/3C10H9BrN2O2.C10H8BrNO2.C10H12O3.C9H7BrN2O2.C9H9BrN2O.C5H9ClO2.C5H11NO.CH3I.CH2O3.B.2K.2Na.H2O.2H/c1-13-5-7-8(11)3-6(10(14)15-2)4-9(7)12-13;2*1-13-9-4-6(10(14)15-2)3-8(11)7(9)5-12-13;1-14-10(13)6-2-7-4-12-5-8(7)9(11)3-6;1-2-13-10(12)7-8-5-3-4-6-9(8)11;1-12-8-3-5(9(13)14)2-7(10)6(8)4-11-12;1-12-9-3-6(5-13)2-8(10)7(9)4-11-12;1-4(2)3-8-5(6)7;1-6-2-4-7-5-3-6;1-2;2-1-4-3;;;;;;;;/h3*3-5H,1-2H3;2-3,5H,4H2,1H3;3-6,11H,2,7H2,1H3;2-4H,1H3,(H,13,14);2-4,13H,5H2,1H3;4H,3H2,1-2H3;2-5H2,1H3;1H3;1,3H;;;;;;1H2;;/q;;;;;;;;;;;;4*+1;;2*-1/p-2. The summed E-state index contributed by atoms with van der Waals surface area (Å²) in [6.07, 6.45) is 10.8. The van der Waals surface area contributed by atoms with Gasteiger partial charge in [-0.1, -0.05) is 150 Å². The molecule has 14 rings (SSSR count). The molecule has 5 aromatic heterocycles. The van der Waals surface area contributed by atoms with Crippen LogP contribution in [0.3, 0.4) is 0 Å². The molecule has 659 valence electrons. The molecule has 1 fully saturated rings. The van der Waals surface area contributed by atoms with Crippen molar-refractivity contribution >= 4 is 247 Å². The molecule has 0 amide bonds. The number of rotatable bonds is 12. The summed E-state index contributed by atoms with van der Waals surface area (Å²) in [5.41, 5.74) is 9.60. The molecule has 7 aromatic carbocycles. The number of aliphatic hydroxyl groups excluding tert-OH is 1. The summed E-state index contributed by atoms with van der Waals surface area (Å²) >= 11 is 27.3. The molecule has 4 N–H and O–H groups in total. The van der Waals surface area contributed by atoms with Crippen molar-refractivity contribution in [3.05, 3.63) is 205 Å². The Morgan fingerprint density at radius 2 is 0.976 bits per heavy atom. The maximum atomic E-state index is 11.4. The van der Waals surface area contributed by atoms with E-state index in [-0.39, 0.29) is 239 Å². The Morgan fingerprint density at radius 1 is 0.595 bits per heavy atom. The molecule has 12 aromatic rings. The summed E-state index contributed by atoms with van der Waals surface area (Å²) in [5, 5.41) is 61.2. The Labute approximate surface area is 930 Å². The van der Waals surface area contributed by atoms with Gasteiger partial charge in [0, 0.05) is 146 Å². The van der Waals surface area contributed by atoms with Crippen molar-refractivity contribution in [1.29, 1.82) is 0 Å². The molecule has 3 radical (unpaired) electrons. The van der Waals surface area contributed by atoms with E-state index in [1.165, 1.54) is 28.4 Å². The summed E-state index contributed by atoms with van der Waals surface area (Å²) in [7, 11) is 16.7. The number of carboxylic acid groups (broad SMARTS) is 1. The predicted octanol–water partition coefficient (Wildman–Crippen LogP) is 3.03. The number of hydrogen-bond acceptors (Lipinski definition) is 27. The van der Waals surface area contributed by atoms with E-state index >= 15 is 0 Å². The number of aromatic nitrogens is 10. The zero-order chi connectivity index (χ0) is 89.6. The van der Waals surface area contributed by atoms with Gasteiger partial charge in [-0.05, 0) is 115 Å². The number of ether oxygens (including phenoxy) is 7. The summed E-state index contributed by atoms with van der Waals surface area (Å²) in [4.78, 5) is 96.7. The fourth-order valence-electron chi connectivity index (χ4n) is 10.3. The number of carbonyl (C=O) groups is 8. The number of aromatic hydroxyl groups is 1. The van der Waals surface area contributed by atoms with E-state index in [1.807, 2.05) is 71.4 Å². The first-order valence-electron chi connectivity index (χ1n) is 35.3. The number of aliphatic imine (C=N–C) groups is 1. The van der Waals surface area contributed by atoms with Crippen LogP contribution < -0.4 is 167 Å². The number of benzene rings is 7. The van der Waals surface area contributed by atoms with Gasteiger partial charge in [-0.3, -0.25) is 38.0 Å². The minimum atomic E-state index is -0.936. The smallest absolute Gasteiger partial charge is 1.00 e. The second-order valence-electron chi connectivity index (χ2n) is 25.0. The van der Waals surface area contributed by atoms with Crippen molar-refractivity contribution in [1.82, 2.24) is 53.8 Å². The number of morpholine rings is 1. The Morgan fingerprint density at radius 3 is 1.34 bits per heavy atom. The van der Waals surface area contributed by atoms with Gasteiger partial charge >= 0.3 is 203 Å². The van der Waals surface area contributed by atoms with Crippen LogP contribution in [0, 0.1) is 5.92 Å². The van der Waals surface area contributed by atoms with Gasteiger partial charge in [0.05, 0.1) is 155 Å². The number of para-hydroxylation sites is 1. The van der Waals surface area contributed by atoms with Gasteiger partial charge in [0.25, 0.3) is 6.47 Å². The Hall–Kier alpha value is -3.84. The average molecular weight is 2330 g/mol. The van der Waals surface area contributed by atoms with Crippen molar-refractivity contribution in [2.75, 3.05) is 79.9 Å². The number of phenols is 1. The quantitative estimate of drug-likeness (QED) is 0.0182. The minimum absolute atomic E-state index is 0. The monoisotopic (exact) mass is 2320 g/mol. The van der Waals surface area contributed by atoms with E-state index in [9.17, 15) is 38.7 Å². The molecule has 33 nitrogen and oxygen atoms in total. The number of methoxy groups -OCH3 is 4. The molecule has 0 unspecified atom stereocenters. The maximum absolute atomic E-state index is 11.4. The number of hydrogen-bond donors (Lipinski definition) is 3. The molecule has 46 heteroatoms. The van der Waals surface area contributed by atoms with Crippen LogP contribution in [-0.2, 0) is 102 Å². The van der Waals surface area contributed by atoms with Gasteiger partial charge in [-0.25, -0.2) is 28.8 Å². The van der Waals surface area contributed by atoms with Gasteiger partial charge in [0.1, 0.15) is 5.75 Å². The third kappa shape index (κ3) is 40.9. The number of halogens is 8. The van der Waals surface area contributed by atoms with Crippen LogP contribution in [0.2, 0.25) is 0 Å². The number of aromatic carboxylic acids is 1. The predicted molar refractivity (Wildman–Crippen MR) is 492 cm³/mol. The van der Waals surface area contributed by atoms with Crippen LogP contribution in [0.5, 0.6) is 5.75 Å². The van der Waals surface area contributed by atoms with Gasteiger partial charge in [-0.15, -0.1) is 0 Å². The molecule has 1 saturated heterocycles. The number of aryl methyl sites for hydroxylation is 5. The Kier molecular flexibility index (Phi) is 66.7. The van der Waals surface area contributed by atoms with Crippen molar-refractivity contribution in [2.24, 2.45) is 46.1 Å². The number of esters is 5. The van der Waals surface area contributed by atoms with Crippen molar-refractivity contribution in [2.45, 2.75) is 40.3 Å². The van der Waals surface area contributed by atoms with Gasteiger partial charge in [0.2, 0.25) is 0 Å². The minimum Gasteiger partial charge on any atom is -1.00 e. The van der Waals surface area contributed by atoms with E-state index in [4.69, 9.17) is 41.3 Å². The van der Waals surface area contributed by atoms with Crippen molar-refractivity contribution in [3.8, 4) is 5.75 Å². The number of nitrogens with zero attached hydrogens (tertiary/aromatic N) is 12. The van der Waals surface area contributed by atoms with E-state index in [0.717, 1.165) is 124 Å². The molecule has 0 aliphatic carbocycles. The van der Waals surface area contributed by atoms with Gasteiger partial charge in [0.15, 0.2) is 0 Å². The Bertz CT molecular complexity index is 5440. The van der Waals surface area contributed by atoms with Gasteiger partial charge in [-0.2, -0.15) is 25.5 Å². The van der Waals surface area contributed by atoms with Crippen molar-refractivity contribution in [3.63, 3.8) is 0 Å². The molecule has 0 bridgehead atoms. The first kappa shape index (κ1) is 126. The van der Waals surface area contributed by atoms with Crippen molar-refractivity contribution < 1.29 is 267 Å². The topological polar surface area (TPSA) is 429 Å². The van der Waals surface area contributed by atoms with E-state index in [0.29, 0.717) is 53.5 Å². The van der Waals surface area contributed by atoms with E-state index in [2.05, 4.69) is 189 Å². The van der Waals surface area contributed by atoms with Gasteiger partial charge < -0.3 is 71.9 Å². The van der Waals surface area contributed by atoms with Crippen LogP contribution in [0.15, 0.2) is 160 Å². The second kappa shape index (κ2) is 66.5. The Balaban J connectivity index is -0.000000439. The second-order valence-corrected chi connectivity index (χ2v) is 30.5. The number of likely N-dealkylation sites (N-methyl/N-ethyl adjacent to an activating group) is 1. The fraction of sp³-hybridized carbons (Fsp3) is 0.300. The van der Waals surface area contributed by atoms with Crippen LogP contribution in [0.4, 0.5) is 4.79 Å². The molecule has 126 heavy (non-hydrogen) atoms. The summed E-state index contributed by atoms with van der Waals surface area (Å²) < 4.78 is 46.6. The molecule has 0 saturated carbocycles. The van der Waals surface area contributed by atoms with Crippen LogP contribution in [-0.4, -0.2) is 217 Å². The van der Waals surface area contributed by atoms with Crippen LogP contribution in [0.1, 0.15) is 97.7 Å². The molecule has 0 atom stereocenters. The largest absolute Gasteiger partial charge is 1.00 e. The first-order chi connectivity index (χ1) is 57.1. The van der Waals surface area contributed by atoms with Crippen LogP contribution in [0.25, 0.3) is 54.5 Å². The summed E-state index contributed by atoms with van der Waals surface area (Å²) in [5.74, 6) is -2.13. The zero-order valence-corrected chi connectivity index (χ0v) is 95.1. The third-order valence-corrected chi connectivity index (χ3v) is 20.3. The first-order valence-corrected chi connectivity index (χ1v) is 42.6. The number of carbonyl (C=O) groups excluding carboxylic acids is 7. The number of fused-ring (bicyclic) bond motifs is 6. The van der Waals surface area contributed by atoms with Crippen LogP contribution >= 0.6 is 130 Å². The molecular weight excluding hydrogens is 2240 g/mol. The zero-order valence-electron chi connectivity index (χ0n) is 74.4. The molecular formula is C80H90BBr6ClIK2N12Na2O21. The maximum Gasteiger partial charge on any atom is 1.00 e. The average Bonchev–Trinajstić information content (AvgIpc) is 1.67. The number of phenolic OH excluding ortho intramolecular Hbond substituents is 1. The fourth-order valence-corrected chi connectivity index (χ4v) is 13.8. The molecule has 2 aliphatic heterocycles. The van der Waals surface area contributed by atoms with E-state index in [1.54, 1.807) is 147 Å². The van der Waals surface area contributed by atoms with E-state index < -0.39 is 11.4 Å². The number of alkyl halides is 1. The summed E-state index contributed by atoms with van der Waals surface area (Å²) in [6, 6.07) is 27.8. The number of aliphatic hydroxyl groups is 1. The SMILES string of the molecule is CC(C)COC(=O)Cl.CCOC(=O)Cc1ccccc1O.CI.CN1CCOCC1.COC(=O)c1cc(Br)c2c(c1)CN=C2.COC(=O)c1cc(Br)c2cn(C)nc2c1.COC(=O)c1cc(Br)c2cnn(C)c2c1.COC(=O)c1cc(Br)c2cnn(C)c2c1.Cn1ncc2c(Br)cc(C(=O)O)cc21.Cn1ncc2c(Br)cc(CO)cc21.O=CO[O-].[B].[H-].[H-].[K+].[K+].[Na+].[Na+].[OH-]. The summed E-state index contributed by atoms with van der Waals surface area (Å²) in [6.45, 7) is 10.9. The molecule has 7 heterocycles. The third-order valence-electron chi connectivity index (χ3n) is 16.3. The normalized spacial score (nSPS) is 10.7. The number of carboxylic acids is 1.